The fourth-order valence-electron chi connectivity index (χ4n) is 2.63. The molecule has 2 N–H and O–H groups in total. The average molecular weight is 416 g/mol. The van der Waals surface area contributed by atoms with Gasteiger partial charge in [-0.1, -0.05) is 18.2 Å². The van der Waals surface area contributed by atoms with Gasteiger partial charge in [0, 0.05) is 11.4 Å². The van der Waals surface area contributed by atoms with E-state index in [1.165, 1.54) is 36.4 Å². The first-order valence-electron chi connectivity index (χ1n) is 8.66. The van der Waals surface area contributed by atoms with E-state index in [4.69, 9.17) is 0 Å². The molecular weight excluding hydrogens is 398 g/mol. The Morgan fingerprint density at radius 1 is 0.897 bits per heavy atom. The first kappa shape index (κ1) is 20.5. The molecule has 3 rings (SSSR count). The number of amides is 1. The lowest BCUT2D eigenvalue weighted by atomic mass is 10.1. The Morgan fingerprint density at radius 2 is 1.52 bits per heavy atom. The van der Waals surface area contributed by atoms with Gasteiger partial charge in [0.2, 0.25) is 5.91 Å². The van der Waals surface area contributed by atoms with Crippen LogP contribution in [-0.2, 0) is 21.2 Å². The molecule has 3 aromatic rings. The molecule has 8 heteroatoms. The number of carbonyl (C=O) groups excluding carboxylic acids is 1. The van der Waals surface area contributed by atoms with Gasteiger partial charge in [-0.15, -0.1) is 0 Å². The summed E-state index contributed by atoms with van der Waals surface area (Å²) in [5.41, 5.74) is 2.10. The van der Waals surface area contributed by atoms with Crippen molar-refractivity contribution in [2.24, 2.45) is 0 Å². The van der Waals surface area contributed by atoms with Gasteiger partial charge in [0.1, 0.15) is 11.6 Å². The zero-order chi connectivity index (χ0) is 21.0. The molecule has 0 aliphatic rings. The first-order valence-corrected chi connectivity index (χ1v) is 10.1. The summed E-state index contributed by atoms with van der Waals surface area (Å²) in [6.45, 7) is 1.76. The topological polar surface area (TPSA) is 75.3 Å². The van der Waals surface area contributed by atoms with E-state index in [0.29, 0.717) is 16.9 Å². The number of halogens is 2. The second-order valence-corrected chi connectivity index (χ2v) is 8.12. The molecule has 0 atom stereocenters. The lowest BCUT2D eigenvalue weighted by Crippen LogP contribution is -2.15. The molecule has 0 unspecified atom stereocenters. The van der Waals surface area contributed by atoms with Crippen molar-refractivity contribution in [3.63, 3.8) is 0 Å². The van der Waals surface area contributed by atoms with Crippen molar-refractivity contribution in [2.45, 2.75) is 18.2 Å². The van der Waals surface area contributed by atoms with E-state index in [9.17, 15) is 22.0 Å². The smallest absolute Gasteiger partial charge is 0.261 e. The van der Waals surface area contributed by atoms with E-state index >= 15 is 0 Å². The highest BCUT2D eigenvalue weighted by molar-refractivity contribution is 7.92. The molecule has 0 saturated carbocycles. The summed E-state index contributed by atoms with van der Waals surface area (Å²) >= 11 is 0. The van der Waals surface area contributed by atoms with Gasteiger partial charge in [-0.05, 0) is 66.6 Å². The van der Waals surface area contributed by atoms with Crippen LogP contribution in [0.15, 0.2) is 71.6 Å². The zero-order valence-corrected chi connectivity index (χ0v) is 16.3. The Labute approximate surface area is 167 Å². The number of carbonyl (C=O) groups is 1. The largest absolute Gasteiger partial charge is 0.325 e. The average Bonchev–Trinajstić information content (AvgIpc) is 2.66. The quantitative estimate of drug-likeness (QED) is 0.631. The Kier molecular flexibility index (Phi) is 5.93. The van der Waals surface area contributed by atoms with Crippen molar-refractivity contribution >= 4 is 27.3 Å². The molecule has 3 aromatic carbocycles. The van der Waals surface area contributed by atoms with Crippen molar-refractivity contribution in [1.82, 2.24) is 0 Å². The maximum atomic E-state index is 13.3. The van der Waals surface area contributed by atoms with Crippen molar-refractivity contribution in [2.75, 3.05) is 10.0 Å². The van der Waals surface area contributed by atoms with Crippen LogP contribution in [0.2, 0.25) is 0 Å². The van der Waals surface area contributed by atoms with Crippen LogP contribution >= 0.6 is 0 Å². The van der Waals surface area contributed by atoms with Crippen LogP contribution < -0.4 is 10.0 Å². The van der Waals surface area contributed by atoms with Gasteiger partial charge in [0.25, 0.3) is 10.0 Å². The van der Waals surface area contributed by atoms with Crippen LogP contribution in [0.1, 0.15) is 11.1 Å². The predicted octanol–water partition coefficient (Wildman–Crippen LogP) is 4.26. The van der Waals surface area contributed by atoms with Gasteiger partial charge in [-0.3, -0.25) is 9.52 Å². The van der Waals surface area contributed by atoms with E-state index in [-0.39, 0.29) is 17.2 Å². The highest BCUT2D eigenvalue weighted by Gasteiger charge is 2.14. The minimum absolute atomic E-state index is 0.0426. The Bertz CT molecular complexity index is 1130. The summed E-state index contributed by atoms with van der Waals surface area (Å²) < 4.78 is 53.3. The lowest BCUT2D eigenvalue weighted by Gasteiger charge is -2.10. The minimum Gasteiger partial charge on any atom is -0.325 e. The van der Waals surface area contributed by atoms with Gasteiger partial charge in [0.05, 0.1) is 11.3 Å². The molecule has 0 radical (unpaired) electrons. The Balaban J connectivity index is 1.64. The molecule has 0 aromatic heterocycles. The lowest BCUT2D eigenvalue weighted by molar-refractivity contribution is -0.115. The van der Waals surface area contributed by atoms with Gasteiger partial charge < -0.3 is 5.32 Å². The van der Waals surface area contributed by atoms with E-state index < -0.39 is 21.7 Å². The molecular formula is C21H18F2N2O3S. The molecule has 0 fully saturated rings. The second-order valence-electron chi connectivity index (χ2n) is 6.44. The van der Waals surface area contributed by atoms with Crippen molar-refractivity contribution in [3.8, 4) is 0 Å². The van der Waals surface area contributed by atoms with Gasteiger partial charge in [0.15, 0.2) is 0 Å². The van der Waals surface area contributed by atoms with Gasteiger partial charge in [-0.25, -0.2) is 17.2 Å². The minimum atomic E-state index is -3.85. The van der Waals surface area contributed by atoms with E-state index in [0.717, 1.165) is 17.7 Å². The highest BCUT2D eigenvalue weighted by Crippen LogP contribution is 2.19. The van der Waals surface area contributed by atoms with E-state index in [2.05, 4.69) is 10.0 Å². The summed E-state index contributed by atoms with van der Waals surface area (Å²) in [4.78, 5) is 12.1. The van der Waals surface area contributed by atoms with Gasteiger partial charge in [-0.2, -0.15) is 0 Å². The van der Waals surface area contributed by atoms with Crippen LogP contribution in [0.25, 0.3) is 0 Å². The zero-order valence-electron chi connectivity index (χ0n) is 15.4. The maximum Gasteiger partial charge on any atom is 0.261 e. The van der Waals surface area contributed by atoms with Gasteiger partial charge >= 0.3 is 0 Å². The molecule has 0 aliphatic carbocycles. The SMILES string of the molecule is Cc1ccc(F)cc1NC(=O)Cc1ccc(NS(=O)(=O)c2ccc(F)cc2)cc1. The number of rotatable bonds is 6. The Hall–Kier alpha value is -3.26. The van der Waals surface area contributed by atoms with Crippen molar-refractivity contribution < 1.29 is 22.0 Å². The fraction of sp³-hybridized carbons (Fsp3) is 0.0952. The Morgan fingerprint density at radius 3 is 2.17 bits per heavy atom. The first-order chi connectivity index (χ1) is 13.7. The molecule has 0 saturated heterocycles. The van der Waals surface area contributed by atoms with Crippen LogP contribution in [0.3, 0.4) is 0 Å². The van der Waals surface area contributed by atoms with E-state index in [1.54, 1.807) is 25.1 Å². The molecule has 0 heterocycles. The molecule has 0 aliphatic heterocycles. The number of sulfonamides is 1. The number of hydrogen-bond donors (Lipinski definition) is 2. The summed E-state index contributed by atoms with van der Waals surface area (Å²) in [6.07, 6.45) is 0.0426. The fourth-order valence-corrected chi connectivity index (χ4v) is 3.69. The summed E-state index contributed by atoms with van der Waals surface area (Å²) in [5.74, 6) is -1.29. The normalized spacial score (nSPS) is 11.1. The number of anilines is 2. The third-order valence-corrected chi connectivity index (χ3v) is 5.57. The van der Waals surface area contributed by atoms with Crippen LogP contribution in [0.4, 0.5) is 20.2 Å². The molecule has 0 spiro atoms. The molecule has 150 valence electrons. The molecule has 1 amide bonds. The number of benzene rings is 3. The molecule has 0 bridgehead atoms. The number of aryl methyl sites for hydroxylation is 1. The molecule has 29 heavy (non-hydrogen) atoms. The van der Waals surface area contributed by atoms with Crippen LogP contribution in [0, 0.1) is 18.6 Å². The maximum absolute atomic E-state index is 13.3. The number of hydrogen-bond acceptors (Lipinski definition) is 3. The third kappa shape index (κ3) is 5.39. The summed E-state index contributed by atoms with van der Waals surface area (Å²) in [7, 11) is -3.85. The summed E-state index contributed by atoms with van der Waals surface area (Å²) in [5, 5.41) is 2.66. The molecule has 5 nitrogen and oxygen atoms in total. The number of nitrogens with one attached hydrogen (secondary N) is 2. The summed E-state index contributed by atoms with van der Waals surface area (Å²) in [6, 6.07) is 14.9. The monoisotopic (exact) mass is 416 g/mol. The predicted molar refractivity (Wildman–Crippen MR) is 107 cm³/mol. The van der Waals surface area contributed by atoms with Crippen molar-refractivity contribution in [1.29, 1.82) is 0 Å². The highest BCUT2D eigenvalue weighted by atomic mass is 32.2. The standard InChI is InChI=1S/C21H18F2N2O3S/c1-14-2-5-17(23)13-20(14)24-21(26)12-15-3-8-18(9-4-15)25-29(27,28)19-10-6-16(22)7-11-19/h2-11,13,25H,12H2,1H3,(H,24,26). The third-order valence-electron chi connectivity index (χ3n) is 4.17. The van der Waals surface area contributed by atoms with E-state index in [1.807, 2.05) is 0 Å². The van der Waals surface area contributed by atoms with Crippen LogP contribution in [-0.4, -0.2) is 14.3 Å². The second kappa shape index (κ2) is 8.40. The van der Waals surface area contributed by atoms with Crippen molar-refractivity contribution in [3.05, 3.63) is 89.5 Å². The van der Waals surface area contributed by atoms with Crippen LogP contribution in [0.5, 0.6) is 0 Å².